The zero-order valence-electron chi connectivity index (χ0n) is 15.1. The van der Waals surface area contributed by atoms with Crippen molar-refractivity contribution in [2.24, 2.45) is 0 Å². The molecule has 0 radical (unpaired) electrons. The molecule has 0 atom stereocenters. The minimum absolute atomic E-state index is 0.623. The van der Waals surface area contributed by atoms with Gasteiger partial charge in [0.25, 0.3) is 0 Å². The van der Waals surface area contributed by atoms with Crippen molar-refractivity contribution in [2.45, 2.75) is 70.9 Å². The van der Waals surface area contributed by atoms with E-state index in [-0.39, 0.29) is 0 Å². The first-order valence-corrected chi connectivity index (χ1v) is 10.4. The summed E-state index contributed by atoms with van der Waals surface area (Å²) < 4.78 is 37.4. The topological polar surface area (TPSA) is 0 Å². The first kappa shape index (κ1) is 22.0. The highest BCUT2D eigenvalue weighted by Gasteiger charge is 2.29. The Labute approximate surface area is 155 Å². The molecule has 0 amide bonds. The van der Waals surface area contributed by atoms with Crippen LogP contribution in [0.2, 0.25) is 0 Å². The lowest BCUT2D eigenvalue weighted by Crippen LogP contribution is -2.04. The standard InChI is InChI=1S/C21H29F3S/c1-2-25-18-12-10-8-6-4-3-5-7-9-11-13-19-14-16-20(17-15-19)21(22,23)24/h14-17H,2-10,12,18H2,1H3. The molecule has 0 fully saturated rings. The van der Waals surface area contributed by atoms with Crippen LogP contribution < -0.4 is 0 Å². The number of rotatable bonds is 11. The number of benzene rings is 1. The van der Waals surface area contributed by atoms with Crippen molar-refractivity contribution in [3.63, 3.8) is 0 Å². The molecule has 0 saturated heterocycles. The third-order valence-electron chi connectivity index (χ3n) is 3.99. The molecule has 0 aliphatic carbocycles. The Morgan fingerprint density at radius 2 is 1.40 bits per heavy atom. The molecule has 0 nitrogen and oxygen atoms in total. The average Bonchev–Trinajstić information content (AvgIpc) is 2.58. The van der Waals surface area contributed by atoms with E-state index in [1.807, 2.05) is 11.8 Å². The molecule has 0 aliphatic heterocycles. The largest absolute Gasteiger partial charge is 0.416 e. The molecule has 0 aliphatic rings. The van der Waals surface area contributed by atoms with Crippen molar-refractivity contribution >= 4 is 11.8 Å². The van der Waals surface area contributed by atoms with Gasteiger partial charge in [0.2, 0.25) is 0 Å². The molecule has 1 aromatic carbocycles. The molecule has 140 valence electrons. The molecule has 0 unspecified atom stereocenters. The molecule has 0 aromatic heterocycles. The van der Waals surface area contributed by atoms with Crippen molar-refractivity contribution in [3.05, 3.63) is 35.4 Å². The first-order valence-electron chi connectivity index (χ1n) is 9.28. The summed E-state index contributed by atoms with van der Waals surface area (Å²) in [6.45, 7) is 2.21. The quantitative estimate of drug-likeness (QED) is 0.290. The zero-order chi connectivity index (χ0) is 18.4. The van der Waals surface area contributed by atoms with Gasteiger partial charge in [0, 0.05) is 12.0 Å². The van der Waals surface area contributed by atoms with E-state index in [0.29, 0.717) is 5.56 Å². The van der Waals surface area contributed by atoms with E-state index in [9.17, 15) is 13.2 Å². The highest BCUT2D eigenvalue weighted by molar-refractivity contribution is 7.99. The molecule has 25 heavy (non-hydrogen) atoms. The van der Waals surface area contributed by atoms with Gasteiger partial charge in [-0.1, -0.05) is 57.3 Å². The Morgan fingerprint density at radius 3 is 1.96 bits per heavy atom. The van der Waals surface area contributed by atoms with Crippen LogP contribution in [0.1, 0.15) is 75.8 Å². The van der Waals surface area contributed by atoms with Crippen LogP contribution in [0, 0.1) is 11.8 Å². The molecule has 0 N–H and O–H groups in total. The van der Waals surface area contributed by atoms with Crippen LogP contribution in [0.3, 0.4) is 0 Å². The van der Waals surface area contributed by atoms with E-state index < -0.39 is 11.7 Å². The Balaban J connectivity index is 2.02. The van der Waals surface area contributed by atoms with Crippen molar-refractivity contribution in [2.75, 3.05) is 11.5 Å². The summed E-state index contributed by atoms with van der Waals surface area (Å²) in [5.41, 5.74) is 0.0244. The summed E-state index contributed by atoms with van der Waals surface area (Å²) in [5.74, 6) is 8.52. The molecule has 4 heteroatoms. The van der Waals surface area contributed by atoms with Crippen LogP contribution in [0.15, 0.2) is 24.3 Å². The molecule has 1 rings (SSSR count). The van der Waals surface area contributed by atoms with Gasteiger partial charge in [-0.05, 0) is 48.6 Å². The van der Waals surface area contributed by atoms with Gasteiger partial charge >= 0.3 is 6.18 Å². The molecule has 1 aromatic rings. The fourth-order valence-electron chi connectivity index (χ4n) is 2.53. The maximum Gasteiger partial charge on any atom is 0.416 e. The first-order chi connectivity index (χ1) is 12.0. The number of hydrogen-bond donors (Lipinski definition) is 0. The Bertz CT molecular complexity index is 509. The molecular weight excluding hydrogens is 341 g/mol. The van der Waals surface area contributed by atoms with Crippen molar-refractivity contribution < 1.29 is 13.2 Å². The van der Waals surface area contributed by atoms with Crippen molar-refractivity contribution in [3.8, 4) is 11.8 Å². The molecular formula is C21H29F3S. The van der Waals surface area contributed by atoms with Crippen molar-refractivity contribution in [1.29, 1.82) is 0 Å². The number of unbranched alkanes of at least 4 members (excludes halogenated alkanes) is 8. The van der Waals surface area contributed by atoms with Crippen LogP contribution in [0.25, 0.3) is 0 Å². The second-order valence-electron chi connectivity index (χ2n) is 6.15. The highest BCUT2D eigenvalue weighted by atomic mass is 32.2. The van der Waals surface area contributed by atoms with Gasteiger partial charge in [-0.15, -0.1) is 0 Å². The third-order valence-corrected chi connectivity index (χ3v) is 4.98. The SMILES string of the molecule is CCSCCCCCCCCCCC#Cc1ccc(C(F)(F)F)cc1. The van der Waals surface area contributed by atoms with E-state index in [0.717, 1.165) is 25.0 Å². The minimum Gasteiger partial charge on any atom is -0.166 e. The number of thioether (sulfide) groups is 1. The lowest BCUT2D eigenvalue weighted by atomic mass is 10.1. The second-order valence-corrected chi connectivity index (χ2v) is 7.55. The van der Waals surface area contributed by atoms with Gasteiger partial charge < -0.3 is 0 Å². The normalized spacial score (nSPS) is 11.2. The fourth-order valence-corrected chi connectivity index (χ4v) is 3.23. The number of hydrogen-bond acceptors (Lipinski definition) is 1. The summed E-state index contributed by atoms with van der Waals surface area (Å²) in [7, 11) is 0. The molecule has 0 bridgehead atoms. The summed E-state index contributed by atoms with van der Waals surface area (Å²) in [5, 5.41) is 0. The average molecular weight is 371 g/mol. The lowest BCUT2D eigenvalue weighted by Gasteiger charge is -2.05. The summed E-state index contributed by atoms with van der Waals surface area (Å²) in [4.78, 5) is 0. The van der Waals surface area contributed by atoms with Gasteiger partial charge in [-0.25, -0.2) is 0 Å². The van der Waals surface area contributed by atoms with Crippen LogP contribution in [0.4, 0.5) is 13.2 Å². The van der Waals surface area contributed by atoms with Gasteiger partial charge in [0.1, 0.15) is 0 Å². The van der Waals surface area contributed by atoms with Crippen LogP contribution in [-0.2, 0) is 6.18 Å². The van der Waals surface area contributed by atoms with Gasteiger partial charge in [-0.2, -0.15) is 24.9 Å². The number of halogens is 3. The Kier molecular flexibility index (Phi) is 11.6. The Morgan fingerprint density at radius 1 is 0.840 bits per heavy atom. The van der Waals surface area contributed by atoms with Crippen LogP contribution in [0.5, 0.6) is 0 Å². The molecule has 0 saturated carbocycles. The maximum atomic E-state index is 12.5. The monoisotopic (exact) mass is 370 g/mol. The van der Waals surface area contributed by atoms with Crippen molar-refractivity contribution in [1.82, 2.24) is 0 Å². The fraction of sp³-hybridized carbons (Fsp3) is 0.619. The van der Waals surface area contributed by atoms with Crippen LogP contribution >= 0.6 is 11.8 Å². The van der Waals surface area contributed by atoms with E-state index in [1.54, 1.807) is 0 Å². The predicted molar refractivity (Wildman–Crippen MR) is 103 cm³/mol. The third kappa shape index (κ3) is 11.2. The highest BCUT2D eigenvalue weighted by Crippen LogP contribution is 2.28. The Hall–Kier alpha value is -1.08. The molecule has 0 heterocycles. The molecule has 0 spiro atoms. The summed E-state index contributed by atoms with van der Waals surface area (Å²) in [6, 6.07) is 5.06. The van der Waals surface area contributed by atoms with E-state index in [1.165, 1.54) is 68.6 Å². The predicted octanol–water partition coefficient (Wildman–Crippen LogP) is 7.32. The van der Waals surface area contributed by atoms with E-state index in [2.05, 4.69) is 18.8 Å². The minimum atomic E-state index is -4.28. The van der Waals surface area contributed by atoms with Gasteiger partial charge in [-0.3, -0.25) is 0 Å². The summed E-state index contributed by atoms with van der Waals surface area (Å²) in [6.07, 6.45) is 6.72. The van der Waals surface area contributed by atoms with E-state index in [4.69, 9.17) is 0 Å². The van der Waals surface area contributed by atoms with E-state index >= 15 is 0 Å². The lowest BCUT2D eigenvalue weighted by molar-refractivity contribution is -0.137. The number of alkyl halides is 3. The van der Waals surface area contributed by atoms with Gasteiger partial charge in [0.05, 0.1) is 5.56 Å². The summed E-state index contributed by atoms with van der Waals surface area (Å²) >= 11 is 2.02. The zero-order valence-corrected chi connectivity index (χ0v) is 15.9. The second kappa shape index (κ2) is 13.2. The smallest absolute Gasteiger partial charge is 0.166 e. The van der Waals surface area contributed by atoms with Crippen LogP contribution in [-0.4, -0.2) is 11.5 Å². The maximum absolute atomic E-state index is 12.5. The van der Waals surface area contributed by atoms with Gasteiger partial charge in [0.15, 0.2) is 0 Å².